The minimum atomic E-state index is -1.71. The zero-order valence-electron chi connectivity index (χ0n) is 17.5. The van der Waals surface area contributed by atoms with Crippen molar-refractivity contribution >= 4 is 5.90 Å². The number of rotatable bonds is 3. The Kier molecular flexibility index (Phi) is 6.50. The third-order valence-corrected chi connectivity index (χ3v) is 7.25. The molecule has 4 unspecified atom stereocenters. The van der Waals surface area contributed by atoms with Crippen molar-refractivity contribution in [2.24, 2.45) is 16.7 Å². The molecule has 0 aromatic carbocycles. The highest BCUT2D eigenvalue weighted by Gasteiger charge is 2.79. The van der Waals surface area contributed by atoms with E-state index in [-0.39, 0.29) is 5.90 Å². The van der Waals surface area contributed by atoms with Crippen LogP contribution in [0.1, 0.15) is 90.4 Å². The SMILES string of the molecule is CCCCC1OC23CCCCCCCCCCC2C(C#N)(C(=N)O3)C1(C#N)C#N. The second-order valence-electron chi connectivity index (χ2n) is 8.86. The van der Waals surface area contributed by atoms with Gasteiger partial charge in [0.05, 0.1) is 30.2 Å². The van der Waals surface area contributed by atoms with Crippen LogP contribution in [-0.4, -0.2) is 17.8 Å². The molecule has 1 saturated carbocycles. The van der Waals surface area contributed by atoms with Crippen LogP contribution in [0, 0.1) is 56.2 Å². The Morgan fingerprint density at radius 1 is 0.966 bits per heavy atom. The van der Waals surface area contributed by atoms with E-state index in [1.807, 2.05) is 6.92 Å². The summed E-state index contributed by atoms with van der Waals surface area (Å²) in [7, 11) is 0. The highest BCUT2D eigenvalue weighted by atomic mass is 16.7. The first-order valence-electron chi connectivity index (χ1n) is 11.3. The second-order valence-corrected chi connectivity index (χ2v) is 8.86. The Morgan fingerprint density at radius 2 is 1.59 bits per heavy atom. The van der Waals surface area contributed by atoms with E-state index in [0.717, 1.165) is 44.9 Å². The van der Waals surface area contributed by atoms with E-state index < -0.39 is 28.6 Å². The van der Waals surface area contributed by atoms with E-state index in [4.69, 9.17) is 14.9 Å². The van der Waals surface area contributed by atoms with Crippen molar-refractivity contribution in [3.63, 3.8) is 0 Å². The van der Waals surface area contributed by atoms with Crippen LogP contribution in [0.5, 0.6) is 0 Å². The smallest absolute Gasteiger partial charge is 0.217 e. The molecule has 3 aliphatic rings. The lowest BCUT2D eigenvalue weighted by molar-refractivity contribution is -0.286. The Bertz CT molecular complexity index is 731. The fraction of sp³-hybridized carbons (Fsp3) is 0.826. The number of nitrogens with zero attached hydrogens (tertiary/aromatic N) is 3. The predicted octanol–water partition coefficient (Wildman–Crippen LogP) is 5.35. The van der Waals surface area contributed by atoms with Crippen molar-refractivity contribution in [2.45, 2.75) is 102 Å². The molecule has 156 valence electrons. The predicted molar refractivity (Wildman–Crippen MR) is 107 cm³/mol. The fourth-order valence-electron chi connectivity index (χ4n) is 5.68. The number of ether oxygens (including phenoxy) is 2. The molecular weight excluding hydrogens is 364 g/mol. The third kappa shape index (κ3) is 3.21. The summed E-state index contributed by atoms with van der Waals surface area (Å²) in [4.78, 5) is 0. The summed E-state index contributed by atoms with van der Waals surface area (Å²) in [5.74, 6) is -1.74. The molecule has 29 heavy (non-hydrogen) atoms. The molecular formula is C23H32N4O2. The number of nitriles is 3. The molecule has 6 heteroatoms. The van der Waals surface area contributed by atoms with Crippen LogP contribution in [0.4, 0.5) is 0 Å². The number of nitrogens with one attached hydrogen (secondary N) is 1. The summed E-state index contributed by atoms with van der Waals surface area (Å²) in [5, 5.41) is 39.4. The molecule has 2 saturated heterocycles. The fourth-order valence-corrected chi connectivity index (χ4v) is 5.68. The molecule has 1 aliphatic carbocycles. The number of unbranched alkanes of at least 4 members (excludes halogenated alkanes) is 1. The molecule has 1 N–H and O–H groups in total. The Morgan fingerprint density at radius 3 is 2.17 bits per heavy atom. The van der Waals surface area contributed by atoms with Gasteiger partial charge in [-0.1, -0.05) is 64.7 Å². The molecule has 4 atom stereocenters. The van der Waals surface area contributed by atoms with Crippen molar-refractivity contribution < 1.29 is 9.47 Å². The van der Waals surface area contributed by atoms with Gasteiger partial charge in [-0.3, -0.25) is 5.41 Å². The highest BCUT2D eigenvalue weighted by Crippen LogP contribution is 2.65. The zero-order valence-corrected chi connectivity index (χ0v) is 17.5. The molecule has 6 nitrogen and oxygen atoms in total. The molecule has 0 radical (unpaired) electrons. The van der Waals surface area contributed by atoms with E-state index in [9.17, 15) is 15.8 Å². The summed E-state index contributed by atoms with van der Waals surface area (Å²) >= 11 is 0. The van der Waals surface area contributed by atoms with Crippen LogP contribution in [0.25, 0.3) is 0 Å². The first-order chi connectivity index (χ1) is 14.1. The lowest BCUT2D eigenvalue weighted by Gasteiger charge is -2.50. The van der Waals surface area contributed by atoms with Gasteiger partial charge < -0.3 is 9.47 Å². The van der Waals surface area contributed by atoms with Gasteiger partial charge >= 0.3 is 0 Å². The average Bonchev–Trinajstić information content (AvgIpc) is 2.90. The van der Waals surface area contributed by atoms with Crippen molar-refractivity contribution in [1.82, 2.24) is 0 Å². The van der Waals surface area contributed by atoms with Crippen molar-refractivity contribution in [2.75, 3.05) is 0 Å². The van der Waals surface area contributed by atoms with E-state index in [2.05, 4.69) is 18.2 Å². The summed E-state index contributed by atoms with van der Waals surface area (Å²) in [6.07, 6.45) is 11.4. The van der Waals surface area contributed by atoms with Crippen LogP contribution in [-0.2, 0) is 9.47 Å². The van der Waals surface area contributed by atoms with E-state index >= 15 is 0 Å². The van der Waals surface area contributed by atoms with E-state index in [1.165, 1.54) is 19.3 Å². The van der Waals surface area contributed by atoms with Gasteiger partial charge in [-0.15, -0.1) is 0 Å². The summed E-state index contributed by atoms with van der Waals surface area (Å²) in [6, 6.07) is 6.61. The van der Waals surface area contributed by atoms with Crippen LogP contribution in [0.15, 0.2) is 0 Å². The highest BCUT2D eigenvalue weighted by molar-refractivity contribution is 5.89. The van der Waals surface area contributed by atoms with Gasteiger partial charge in [0.1, 0.15) is 0 Å². The molecule has 0 aromatic heterocycles. The van der Waals surface area contributed by atoms with E-state index in [1.54, 1.807) is 0 Å². The van der Waals surface area contributed by atoms with E-state index in [0.29, 0.717) is 19.3 Å². The largest absolute Gasteiger partial charge is 0.447 e. The Balaban J connectivity index is 2.10. The molecule has 0 aromatic rings. The second kappa shape index (κ2) is 8.73. The van der Waals surface area contributed by atoms with Gasteiger partial charge in [-0.05, 0) is 19.3 Å². The average molecular weight is 397 g/mol. The van der Waals surface area contributed by atoms with Crippen molar-refractivity contribution in [3.8, 4) is 18.2 Å². The lowest BCUT2D eigenvalue weighted by atomic mass is 9.52. The lowest BCUT2D eigenvalue weighted by Crippen LogP contribution is -2.62. The molecule has 3 fully saturated rings. The summed E-state index contributed by atoms with van der Waals surface area (Å²) in [5.41, 5.74) is -3.27. The molecule has 2 bridgehead atoms. The Labute approximate surface area is 174 Å². The first-order valence-corrected chi connectivity index (χ1v) is 11.3. The molecule has 2 aliphatic heterocycles. The van der Waals surface area contributed by atoms with Crippen LogP contribution in [0.3, 0.4) is 0 Å². The van der Waals surface area contributed by atoms with Crippen LogP contribution >= 0.6 is 0 Å². The van der Waals surface area contributed by atoms with Gasteiger partial charge in [0.2, 0.25) is 11.7 Å². The summed E-state index contributed by atoms with van der Waals surface area (Å²) < 4.78 is 12.6. The normalized spacial score (nSPS) is 36.8. The molecule has 0 amide bonds. The topological polar surface area (TPSA) is 114 Å². The number of hydrogen-bond donors (Lipinski definition) is 1. The summed E-state index contributed by atoms with van der Waals surface area (Å²) in [6.45, 7) is 2.05. The maximum absolute atomic E-state index is 10.4. The minimum Gasteiger partial charge on any atom is -0.447 e. The van der Waals surface area contributed by atoms with Crippen LogP contribution in [0.2, 0.25) is 0 Å². The molecule has 0 spiro atoms. The maximum atomic E-state index is 10.4. The standard InChI is InChI=1S/C23H32N4O2/c1-2-3-13-19-21(15-24,16-25)22(17-26)18-12-10-8-6-4-5-7-9-11-14-23(18,28-19)29-20(22)27/h18-19,27H,2-14H2,1H3. The Hall–Kier alpha value is -2.10. The molecule has 3 rings (SSSR count). The van der Waals surface area contributed by atoms with Gasteiger partial charge in [-0.25, -0.2) is 0 Å². The van der Waals surface area contributed by atoms with Gasteiger partial charge in [0, 0.05) is 6.42 Å². The van der Waals surface area contributed by atoms with Crippen molar-refractivity contribution in [1.29, 1.82) is 21.2 Å². The van der Waals surface area contributed by atoms with Crippen molar-refractivity contribution in [3.05, 3.63) is 0 Å². The van der Waals surface area contributed by atoms with Gasteiger partial charge in [0.25, 0.3) is 0 Å². The maximum Gasteiger partial charge on any atom is 0.217 e. The quantitative estimate of drug-likeness (QED) is 0.690. The molecule has 2 heterocycles. The van der Waals surface area contributed by atoms with Crippen LogP contribution < -0.4 is 0 Å². The monoisotopic (exact) mass is 396 g/mol. The van der Waals surface area contributed by atoms with Gasteiger partial charge in [0.15, 0.2) is 10.8 Å². The number of hydrogen-bond acceptors (Lipinski definition) is 6. The zero-order chi connectivity index (χ0) is 21.0. The first kappa shape index (κ1) is 21.6. The minimum absolute atomic E-state index is 0.234. The van der Waals surface area contributed by atoms with Gasteiger partial charge in [-0.2, -0.15) is 15.8 Å². The third-order valence-electron chi connectivity index (χ3n) is 7.25.